The molecule has 4 rings (SSSR count). The van der Waals surface area contributed by atoms with Crippen LogP contribution < -0.4 is 9.47 Å². The van der Waals surface area contributed by atoms with Crippen molar-refractivity contribution < 1.29 is 24.2 Å². The minimum Gasteiger partial charge on any atom is -0.507 e. The molecule has 2 aromatic carbocycles. The van der Waals surface area contributed by atoms with E-state index in [2.05, 4.69) is 0 Å². The Hall–Kier alpha value is -3.28. The number of Topliss-reactive ketones (excluding diaryl/α,β-unsaturated/α-hetero) is 1. The first-order chi connectivity index (χ1) is 14.6. The van der Waals surface area contributed by atoms with E-state index < -0.39 is 17.7 Å². The molecule has 0 bridgehead atoms. The van der Waals surface area contributed by atoms with Gasteiger partial charge in [-0.15, -0.1) is 0 Å². The van der Waals surface area contributed by atoms with Crippen molar-refractivity contribution in [3.05, 3.63) is 65.2 Å². The Balaban J connectivity index is 1.89. The highest BCUT2D eigenvalue weighted by atomic mass is 16.5. The molecule has 156 valence electrons. The van der Waals surface area contributed by atoms with E-state index in [0.29, 0.717) is 22.6 Å². The van der Waals surface area contributed by atoms with Gasteiger partial charge in [0.05, 0.1) is 25.8 Å². The van der Waals surface area contributed by atoms with Gasteiger partial charge in [0.1, 0.15) is 17.3 Å². The summed E-state index contributed by atoms with van der Waals surface area (Å²) in [7, 11) is 3.12. The highest BCUT2D eigenvalue weighted by molar-refractivity contribution is 6.46. The molecule has 1 N–H and O–H groups in total. The Morgan fingerprint density at radius 3 is 2.27 bits per heavy atom. The molecular weight excluding hydrogens is 382 g/mol. The molecule has 1 atom stereocenters. The van der Waals surface area contributed by atoms with Gasteiger partial charge in [0.2, 0.25) is 0 Å². The molecule has 0 radical (unpaired) electrons. The van der Waals surface area contributed by atoms with Crippen LogP contribution in [0.15, 0.2) is 54.1 Å². The van der Waals surface area contributed by atoms with Crippen molar-refractivity contribution in [2.24, 2.45) is 0 Å². The van der Waals surface area contributed by atoms with Crippen molar-refractivity contribution in [1.82, 2.24) is 4.90 Å². The van der Waals surface area contributed by atoms with Gasteiger partial charge in [0, 0.05) is 17.2 Å². The molecule has 1 heterocycles. The number of carbonyl (C=O) groups excluding carboxylic acids is 2. The number of methoxy groups -OCH3 is 2. The number of nitrogens with zero attached hydrogens (tertiary/aromatic N) is 1. The maximum absolute atomic E-state index is 13.1. The average molecular weight is 407 g/mol. The molecular formula is C24H25NO5. The molecule has 1 unspecified atom stereocenters. The van der Waals surface area contributed by atoms with E-state index in [-0.39, 0.29) is 17.4 Å². The number of carbonyl (C=O) groups is 2. The van der Waals surface area contributed by atoms with Crippen LogP contribution in [0, 0.1) is 0 Å². The predicted octanol–water partition coefficient (Wildman–Crippen LogP) is 4.07. The van der Waals surface area contributed by atoms with E-state index in [4.69, 9.17) is 9.47 Å². The number of ether oxygens (including phenoxy) is 2. The number of hydrogen-bond acceptors (Lipinski definition) is 5. The van der Waals surface area contributed by atoms with Gasteiger partial charge in [-0.25, -0.2) is 0 Å². The summed E-state index contributed by atoms with van der Waals surface area (Å²) in [5, 5.41) is 11.1. The Morgan fingerprint density at radius 1 is 0.967 bits per heavy atom. The molecule has 30 heavy (non-hydrogen) atoms. The number of benzene rings is 2. The van der Waals surface area contributed by atoms with E-state index in [0.717, 1.165) is 25.7 Å². The summed E-state index contributed by atoms with van der Waals surface area (Å²) in [6, 6.07) is 13.4. The third kappa shape index (κ3) is 3.32. The van der Waals surface area contributed by atoms with E-state index in [1.807, 2.05) is 18.2 Å². The number of likely N-dealkylation sites (tertiary alicyclic amines) is 1. The molecule has 1 saturated heterocycles. The first-order valence-electron chi connectivity index (χ1n) is 10.1. The zero-order valence-corrected chi connectivity index (χ0v) is 17.1. The Kier molecular flexibility index (Phi) is 5.48. The standard InChI is InChI=1S/C24H25NO5/c1-29-17-13-11-15(12-14-17)22(26)20-21(18-9-5-6-10-19(18)30-2)25(24(28)23(20)27)16-7-3-4-8-16/h5-6,9-14,16,21,26H,3-4,7-8H2,1-2H3/b22-20-. The quantitative estimate of drug-likeness (QED) is 0.459. The topological polar surface area (TPSA) is 76.1 Å². The van der Waals surface area contributed by atoms with Crippen LogP contribution >= 0.6 is 0 Å². The lowest BCUT2D eigenvalue weighted by atomic mass is 9.94. The summed E-state index contributed by atoms with van der Waals surface area (Å²) < 4.78 is 10.7. The minimum absolute atomic E-state index is 0.0301. The van der Waals surface area contributed by atoms with Crippen LogP contribution in [0.1, 0.15) is 42.9 Å². The molecule has 1 saturated carbocycles. The highest BCUT2D eigenvalue weighted by Crippen LogP contribution is 2.45. The molecule has 1 aliphatic heterocycles. The lowest BCUT2D eigenvalue weighted by Crippen LogP contribution is -2.37. The van der Waals surface area contributed by atoms with Crippen LogP contribution in [0.25, 0.3) is 5.76 Å². The summed E-state index contributed by atoms with van der Waals surface area (Å²) in [5.41, 5.74) is 1.25. The Morgan fingerprint density at radius 2 is 1.63 bits per heavy atom. The van der Waals surface area contributed by atoms with Crippen LogP contribution in [0.4, 0.5) is 0 Å². The largest absolute Gasteiger partial charge is 0.507 e. The maximum atomic E-state index is 13.1. The van der Waals surface area contributed by atoms with Gasteiger partial charge in [-0.3, -0.25) is 9.59 Å². The smallest absolute Gasteiger partial charge is 0.295 e. The number of amides is 1. The van der Waals surface area contributed by atoms with Crippen molar-refractivity contribution >= 4 is 17.4 Å². The number of para-hydroxylation sites is 1. The number of rotatable bonds is 5. The molecule has 6 heteroatoms. The molecule has 1 aliphatic carbocycles. The van der Waals surface area contributed by atoms with Gasteiger partial charge in [-0.1, -0.05) is 31.0 Å². The van der Waals surface area contributed by atoms with Gasteiger partial charge in [-0.2, -0.15) is 0 Å². The summed E-state index contributed by atoms with van der Waals surface area (Å²) in [5.74, 6) is -0.196. The van der Waals surface area contributed by atoms with Crippen LogP contribution in [0.3, 0.4) is 0 Å². The summed E-state index contributed by atoms with van der Waals surface area (Å²) in [6.07, 6.45) is 3.73. The van der Waals surface area contributed by atoms with E-state index >= 15 is 0 Å². The van der Waals surface area contributed by atoms with Crippen LogP contribution in [0.2, 0.25) is 0 Å². The highest BCUT2D eigenvalue weighted by Gasteiger charge is 2.49. The Labute approximate surface area is 175 Å². The van der Waals surface area contributed by atoms with Gasteiger partial charge in [-0.05, 0) is 43.2 Å². The molecule has 6 nitrogen and oxygen atoms in total. The second-order valence-corrected chi connectivity index (χ2v) is 7.62. The SMILES string of the molecule is COc1ccc(/C(O)=C2/C(=O)C(=O)N(C3CCCC3)C2c2ccccc2OC)cc1. The van der Waals surface area contributed by atoms with Gasteiger partial charge in [0.15, 0.2) is 0 Å². The zero-order valence-electron chi connectivity index (χ0n) is 17.1. The van der Waals surface area contributed by atoms with Crippen molar-refractivity contribution in [3.63, 3.8) is 0 Å². The fourth-order valence-corrected chi connectivity index (χ4v) is 4.51. The van der Waals surface area contributed by atoms with E-state index in [1.165, 1.54) is 0 Å². The second kappa shape index (κ2) is 8.22. The molecule has 2 fully saturated rings. The minimum atomic E-state index is -0.689. The summed E-state index contributed by atoms with van der Waals surface area (Å²) >= 11 is 0. The lowest BCUT2D eigenvalue weighted by molar-refractivity contribution is -0.141. The Bertz CT molecular complexity index is 989. The average Bonchev–Trinajstić information content (AvgIpc) is 3.40. The zero-order chi connectivity index (χ0) is 21.3. The number of aliphatic hydroxyl groups is 1. The molecule has 0 aromatic heterocycles. The van der Waals surface area contributed by atoms with Crippen molar-refractivity contribution in [2.45, 2.75) is 37.8 Å². The predicted molar refractivity (Wildman–Crippen MR) is 112 cm³/mol. The summed E-state index contributed by atoms with van der Waals surface area (Å²) in [4.78, 5) is 27.9. The number of ketones is 1. The first kappa shape index (κ1) is 20.0. The fraction of sp³-hybridized carbons (Fsp3) is 0.333. The lowest BCUT2D eigenvalue weighted by Gasteiger charge is -2.31. The third-order valence-electron chi connectivity index (χ3n) is 6.00. The van der Waals surface area contributed by atoms with E-state index in [1.54, 1.807) is 49.5 Å². The monoisotopic (exact) mass is 407 g/mol. The van der Waals surface area contributed by atoms with Crippen molar-refractivity contribution in [3.8, 4) is 11.5 Å². The van der Waals surface area contributed by atoms with Crippen LogP contribution in [-0.4, -0.2) is 42.0 Å². The molecule has 2 aliphatic rings. The van der Waals surface area contributed by atoms with Crippen LogP contribution in [0.5, 0.6) is 11.5 Å². The molecule has 0 spiro atoms. The van der Waals surface area contributed by atoms with E-state index in [9.17, 15) is 14.7 Å². The number of aliphatic hydroxyl groups excluding tert-OH is 1. The van der Waals surface area contributed by atoms with Crippen molar-refractivity contribution in [1.29, 1.82) is 0 Å². The van der Waals surface area contributed by atoms with Gasteiger partial charge >= 0.3 is 0 Å². The maximum Gasteiger partial charge on any atom is 0.295 e. The molecule has 2 aromatic rings. The third-order valence-corrected chi connectivity index (χ3v) is 6.00. The second-order valence-electron chi connectivity index (χ2n) is 7.62. The molecule has 1 amide bonds. The summed E-state index contributed by atoms with van der Waals surface area (Å²) in [6.45, 7) is 0. The number of hydrogen-bond donors (Lipinski definition) is 1. The normalized spacial score (nSPS) is 21.3. The first-order valence-corrected chi connectivity index (χ1v) is 10.1. The van der Waals surface area contributed by atoms with Crippen molar-refractivity contribution in [2.75, 3.05) is 14.2 Å². The van der Waals surface area contributed by atoms with Gasteiger partial charge < -0.3 is 19.5 Å². The fourth-order valence-electron chi connectivity index (χ4n) is 4.51. The van der Waals surface area contributed by atoms with Crippen LogP contribution in [-0.2, 0) is 9.59 Å². The van der Waals surface area contributed by atoms with Gasteiger partial charge in [0.25, 0.3) is 11.7 Å².